The molecule has 2 aromatic rings. The second-order valence-corrected chi connectivity index (χ2v) is 5.38. The lowest BCUT2D eigenvalue weighted by atomic mass is 10.2. The second-order valence-electron chi connectivity index (χ2n) is 5.38. The van der Waals surface area contributed by atoms with Crippen LogP contribution >= 0.6 is 0 Å². The number of carbonyl (C=O) groups is 2. The Morgan fingerprint density at radius 1 is 0.769 bits per heavy atom. The minimum atomic E-state index is -0.246. The van der Waals surface area contributed by atoms with Crippen molar-refractivity contribution < 1.29 is 9.59 Å². The second kappa shape index (κ2) is 8.53. The molecular weight excluding hydrogens is 328 g/mol. The standard InChI is InChI=1S/C20H20N4O2/c1-5-19(25)23(3)17-13-9-7-11-15(17)21-22-16-12-8-10-14-18(16)24(4)20(26)6-2/h5-14H,1-2H2,3-4H3/b22-21+. The van der Waals surface area contributed by atoms with Crippen LogP contribution in [0.15, 0.2) is 84.1 Å². The van der Waals surface area contributed by atoms with Gasteiger partial charge in [-0.1, -0.05) is 37.4 Å². The molecule has 0 saturated heterocycles. The molecule has 0 spiro atoms. The number of likely N-dealkylation sites (N-methyl/N-ethyl adjacent to an activating group) is 2. The van der Waals surface area contributed by atoms with E-state index in [1.807, 2.05) is 24.3 Å². The quantitative estimate of drug-likeness (QED) is 0.574. The summed E-state index contributed by atoms with van der Waals surface area (Å²) in [7, 11) is 3.28. The van der Waals surface area contributed by atoms with E-state index in [0.29, 0.717) is 22.7 Å². The molecule has 132 valence electrons. The van der Waals surface area contributed by atoms with Gasteiger partial charge in [-0.15, -0.1) is 10.2 Å². The van der Waals surface area contributed by atoms with Crippen molar-refractivity contribution in [3.63, 3.8) is 0 Å². The molecule has 0 aliphatic rings. The predicted octanol–water partition coefficient (Wildman–Crippen LogP) is 4.40. The molecule has 0 fully saturated rings. The van der Waals surface area contributed by atoms with E-state index >= 15 is 0 Å². The van der Waals surface area contributed by atoms with Crippen LogP contribution in [-0.2, 0) is 9.59 Å². The van der Waals surface area contributed by atoms with Crippen molar-refractivity contribution in [2.75, 3.05) is 23.9 Å². The first-order valence-corrected chi connectivity index (χ1v) is 7.89. The Morgan fingerprint density at radius 2 is 1.12 bits per heavy atom. The van der Waals surface area contributed by atoms with E-state index in [4.69, 9.17) is 0 Å². The predicted molar refractivity (Wildman–Crippen MR) is 104 cm³/mol. The van der Waals surface area contributed by atoms with Crippen molar-refractivity contribution in [3.05, 3.63) is 73.8 Å². The smallest absolute Gasteiger partial charge is 0.250 e. The molecule has 0 unspecified atom stereocenters. The number of para-hydroxylation sites is 2. The summed E-state index contributed by atoms with van der Waals surface area (Å²) in [4.78, 5) is 26.6. The molecule has 26 heavy (non-hydrogen) atoms. The highest BCUT2D eigenvalue weighted by Gasteiger charge is 2.13. The minimum absolute atomic E-state index is 0.246. The van der Waals surface area contributed by atoms with Crippen LogP contribution in [0.1, 0.15) is 0 Å². The van der Waals surface area contributed by atoms with Crippen LogP contribution < -0.4 is 9.80 Å². The van der Waals surface area contributed by atoms with Crippen LogP contribution in [0.2, 0.25) is 0 Å². The highest BCUT2D eigenvalue weighted by molar-refractivity contribution is 6.03. The molecule has 0 saturated carbocycles. The normalized spacial score (nSPS) is 10.4. The van der Waals surface area contributed by atoms with E-state index in [-0.39, 0.29) is 11.8 Å². The topological polar surface area (TPSA) is 65.3 Å². The van der Waals surface area contributed by atoms with Gasteiger partial charge in [0.05, 0.1) is 11.4 Å². The lowest BCUT2D eigenvalue weighted by Crippen LogP contribution is -2.23. The van der Waals surface area contributed by atoms with Gasteiger partial charge in [0, 0.05) is 14.1 Å². The number of amides is 2. The molecule has 6 nitrogen and oxygen atoms in total. The van der Waals surface area contributed by atoms with Crippen LogP contribution in [0.5, 0.6) is 0 Å². The zero-order chi connectivity index (χ0) is 19.1. The van der Waals surface area contributed by atoms with E-state index in [9.17, 15) is 9.59 Å². The fraction of sp³-hybridized carbons (Fsp3) is 0.100. The summed E-state index contributed by atoms with van der Waals surface area (Å²) in [6.45, 7) is 6.99. The summed E-state index contributed by atoms with van der Waals surface area (Å²) in [5.41, 5.74) is 2.26. The average Bonchev–Trinajstić information content (AvgIpc) is 2.70. The number of nitrogens with zero attached hydrogens (tertiary/aromatic N) is 4. The molecule has 0 bridgehead atoms. The van der Waals surface area contributed by atoms with Gasteiger partial charge < -0.3 is 9.80 Å². The maximum absolute atomic E-state index is 11.9. The first-order chi connectivity index (χ1) is 12.5. The fourth-order valence-corrected chi connectivity index (χ4v) is 2.28. The Labute approximate surface area is 152 Å². The lowest BCUT2D eigenvalue weighted by Gasteiger charge is -2.18. The molecule has 0 aliphatic carbocycles. The first kappa shape index (κ1) is 18.8. The Bertz CT molecular complexity index is 802. The molecular formula is C20H20N4O2. The van der Waals surface area contributed by atoms with Crippen molar-refractivity contribution in [1.29, 1.82) is 0 Å². The highest BCUT2D eigenvalue weighted by atomic mass is 16.2. The summed E-state index contributed by atoms with van der Waals surface area (Å²) in [6, 6.07) is 14.3. The summed E-state index contributed by atoms with van der Waals surface area (Å²) < 4.78 is 0. The van der Waals surface area contributed by atoms with Crippen LogP contribution in [0.25, 0.3) is 0 Å². The zero-order valence-corrected chi connectivity index (χ0v) is 14.8. The Morgan fingerprint density at radius 3 is 1.46 bits per heavy atom. The number of anilines is 2. The van der Waals surface area contributed by atoms with Gasteiger partial charge in [0.1, 0.15) is 11.4 Å². The van der Waals surface area contributed by atoms with Crippen molar-refractivity contribution in [2.24, 2.45) is 10.2 Å². The van der Waals surface area contributed by atoms with Crippen LogP contribution in [0.3, 0.4) is 0 Å². The van der Waals surface area contributed by atoms with Gasteiger partial charge in [0.2, 0.25) is 11.8 Å². The third-order valence-electron chi connectivity index (χ3n) is 3.76. The molecule has 2 aromatic carbocycles. The van der Waals surface area contributed by atoms with Crippen molar-refractivity contribution >= 4 is 34.6 Å². The molecule has 0 aliphatic heterocycles. The third kappa shape index (κ3) is 4.10. The van der Waals surface area contributed by atoms with Crippen molar-refractivity contribution in [1.82, 2.24) is 0 Å². The van der Waals surface area contributed by atoms with E-state index in [0.717, 1.165) is 0 Å². The van der Waals surface area contributed by atoms with Crippen molar-refractivity contribution in [3.8, 4) is 0 Å². The summed E-state index contributed by atoms with van der Waals surface area (Å²) in [5, 5.41) is 8.55. The molecule has 6 heteroatoms. The molecule has 2 amide bonds. The maximum Gasteiger partial charge on any atom is 0.250 e. The largest absolute Gasteiger partial charge is 0.310 e. The van der Waals surface area contributed by atoms with Crippen LogP contribution in [0, 0.1) is 0 Å². The molecule has 0 radical (unpaired) electrons. The van der Waals surface area contributed by atoms with E-state index < -0.39 is 0 Å². The monoisotopic (exact) mass is 348 g/mol. The Kier molecular flexibility index (Phi) is 6.16. The highest BCUT2D eigenvalue weighted by Crippen LogP contribution is 2.33. The number of azo groups is 1. The summed E-state index contributed by atoms with van der Waals surface area (Å²) in [6.07, 6.45) is 2.47. The Hall–Kier alpha value is -3.54. The summed E-state index contributed by atoms with van der Waals surface area (Å²) >= 11 is 0. The van der Waals surface area contributed by atoms with Gasteiger partial charge in [-0.25, -0.2) is 0 Å². The van der Waals surface area contributed by atoms with Gasteiger partial charge in [-0.2, -0.15) is 0 Å². The third-order valence-corrected chi connectivity index (χ3v) is 3.76. The molecule has 0 heterocycles. The number of carbonyl (C=O) groups excluding carboxylic acids is 2. The van der Waals surface area contributed by atoms with Gasteiger partial charge in [0.15, 0.2) is 0 Å². The molecule has 0 N–H and O–H groups in total. The molecule has 0 atom stereocenters. The fourth-order valence-electron chi connectivity index (χ4n) is 2.28. The SMILES string of the molecule is C=CC(=O)N(C)c1ccccc1/N=N/c1ccccc1N(C)C(=O)C=C. The van der Waals surface area contributed by atoms with Crippen LogP contribution in [0.4, 0.5) is 22.7 Å². The Balaban J connectivity index is 2.41. The van der Waals surface area contributed by atoms with E-state index in [2.05, 4.69) is 23.4 Å². The number of hydrogen-bond acceptors (Lipinski definition) is 4. The first-order valence-electron chi connectivity index (χ1n) is 7.89. The molecule has 0 aromatic heterocycles. The number of rotatable bonds is 6. The van der Waals surface area contributed by atoms with Crippen molar-refractivity contribution in [2.45, 2.75) is 0 Å². The van der Waals surface area contributed by atoms with Gasteiger partial charge in [-0.05, 0) is 36.4 Å². The number of benzene rings is 2. The zero-order valence-electron chi connectivity index (χ0n) is 14.8. The molecule has 2 rings (SSSR count). The maximum atomic E-state index is 11.9. The van der Waals surface area contributed by atoms with E-state index in [1.54, 1.807) is 38.4 Å². The van der Waals surface area contributed by atoms with Gasteiger partial charge >= 0.3 is 0 Å². The van der Waals surface area contributed by atoms with E-state index in [1.165, 1.54) is 22.0 Å². The van der Waals surface area contributed by atoms with Gasteiger partial charge in [-0.3, -0.25) is 9.59 Å². The summed E-state index contributed by atoms with van der Waals surface area (Å²) in [5.74, 6) is -0.492. The van der Waals surface area contributed by atoms with Gasteiger partial charge in [0.25, 0.3) is 0 Å². The number of hydrogen-bond donors (Lipinski definition) is 0. The lowest BCUT2D eigenvalue weighted by molar-refractivity contribution is -0.114. The van der Waals surface area contributed by atoms with Crippen LogP contribution in [-0.4, -0.2) is 25.9 Å². The average molecular weight is 348 g/mol. The minimum Gasteiger partial charge on any atom is -0.310 e.